The summed E-state index contributed by atoms with van der Waals surface area (Å²) < 4.78 is 0. The van der Waals surface area contributed by atoms with Crippen LogP contribution in [0.4, 0.5) is 22.9 Å². The van der Waals surface area contributed by atoms with Crippen LogP contribution >= 0.6 is 0 Å². The highest BCUT2D eigenvalue weighted by molar-refractivity contribution is 6.04. The van der Waals surface area contributed by atoms with Gasteiger partial charge in [0.05, 0.1) is 11.3 Å². The van der Waals surface area contributed by atoms with Gasteiger partial charge < -0.3 is 16.0 Å². The van der Waals surface area contributed by atoms with E-state index in [0.29, 0.717) is 28.6 Å². The van der Waals surface area contributed by atoms with Crippen LogP contribution in [0.25, 0.3) is 0 Å². The first-order valence-corrected chi connectivity index (χ1v) is 8.75. The number of aryl methyl sites for hydroxylation is 1. The minimum Gasteiger partial charge on any atom is -0.340 e. The minimum absolute atomic E-state index is 0.147. The third-order valence-corrected chi connectivity index (χ3v) is 3.84. The molecule has 3 rings (SSSR count). The highest BCUT2D eigenvalue weighted by Gasteiger charge is 2.13. The fourth-order valence-electron chi connectivity index (χ4n) is 2.61. The summed E-state index contributed by atoms with van der Waals surface area (Å²) in [5.74, 6) is 0.278. The van der Waals surface area contributed by atoms with Crippen LogP contribution in [0.5, 0.6) is 0 Å². The molecule has 0 atom stereocenters. The van der Waals surface area contributed by atoms with Crippen molar-refractivity contribution in [2.75, 3.05) is 16.0 Å². The lowest BCUT2D eigenvalue weighted by Crippen LogP contribution is -2.16. The Morgan fingerprint density at radius 1 is 0.966 bits per heavy atom. The molecule has 0 fully saturated rings. The Kier molecular flexibility index (Phi) is 5.80. The molecule has 3 aromatic rings. The zero-order valence-electron chi connectivity index (χ0n) is 15.9. The quantitative estimate of drug-likeness (QED) is 0.616. The van der Waals surface area contributed by atoms with Crippen molar-refractivity contribution in [3.05, 3.63) is 71.7 Å². The second kappa shape index (κ2) is 8.63. The molecule has 3 N–H and O–H groups in total. The molecule has 0 bridgehead atoms. The molecule has 8 nitrogen and oxygen atoms in total. The van der Waals surface area contributed by atoms with Gasteiger partial charge in [-0.3, -0.25) is 9.59 Å². The van der Waals surface area contributed by atoms with E-state index in [0.717, 1.165) is 5.69 Å². The molecule has 0 aliphatic carbocycles. The first kappa shape index (κ1) is 19.5. The van der Waals surface area contributed by atoms with Gasteiger partial charge in [-0.2, -0.15) is 5.26 Å². The largest absolute Gasteiger partial charge is 0.340 e. The maximum atomic E-state index is 12.6. The summed E-state index contributed by atoms with van der Waals surface area (Å²) >= 11 is 0. The van der Waals surface area contributed by atoms with E-state index >= 15 is 0 Å². The topological polar surface area (TPSA) is 120 Å². The smallest absolute Gasteiger partial charge is 0.274 e. The van der Waals surface area contributed by atoms with Crippen molar-refractivity contribution in [2.24, 2.45) is 0 Å². The number of para-hydroxylation sites is 1. The number of aromatic nitrogens is 2. The zero-order valence-corrected chi connectivity index (χ0v) is 15.9. The van der Waals surface area contributed by atoms with Crippen LogP contribution in [-0.4, -0.2) is 21.8 Å². The lowest BCUT2D eigenvalue weighted by atomic mass is 10.2. The third-order valence-electron chi connectivity index (χ3n) is 3.84. The van der Waals surface area contributed by atoms with E-state index in [-0.39, 0.29) is 11.6 Å². The van der Waals surface area contributed by atoms with Crippen molar-refractivity contribution in [2.45, 2.75) is 13.8 Å². The summed E-state index contributed by atoms with van der Waals surface area (Å²) in [5.41, 5.74) is 2.36. The zero-order chi connectivity index (χ0) is 20.8. The van der Waals surface area contributed by atoms with Gasteiger partial charge in [-0.15, -0.1) is 0 Å². The van der Waals surface area contributed by atoms with E-state index in [4.69, 9.17) is 5.26 Å². The number of benzene rings is 2. The Balaban J connectivity index is 1.78. The summed E-state index contributed by atoms with van der Waals surface area (Å²) in [4.78, 5) is 32.2. The molecule has 0 saturated carbocycles. The van der Waals surface area contributed by atoms with Crippen molar-refractivity contribution >= 4 is 34.7 Å². The molecule has 1 heterocycles. The molecule has 0 aliphatic rings. The van der Waals surface area contributed by atoms with E-state index in [1.807, 2.05) is 6.07 Å². The number of rotatable bonds is 5. The minimum atomic E-state index is -0.442. The highest BCUT2D eigenvalue weighted by atomic mass is 16.2. The van der Waals surface area contributed by atoms with Crippen molar-refractivity contribution in [3.63, 3.8) is 0 Å². The van der Waals surface area contributed by atoms with Crippen molar-refractivity contribution < 1.29 is 9.59 Å². The molecule has 29 heavy (non-hydrogen) atoms. The van der Waals surface area contributed by atoms with E-state index in [1.54, 1.807) is 55.5 Å². The maximum absolute atomic E-state index is 12.6. The second-order valence-electron chi connectivity index (χ2n) is 6.18. The Hall–Kier alpha value is -4.25. The van der Waals surface area contributed by atoms with Gasteiger partial charge in [0.25, 0.3) is 5.91 Å². The number of carbonyl (C=O) groups is 2. The molecule has 8 heteroatoms. The Labute approximate surface area is 167 Å². The van der Waals surface area contributed by atoms with Gasteiger partial charge >= 0.3 is 0 Å². The van der Waals surface area contributed by atoms with Crippen LogP contribution in [0, 0.1) is 18.3 Å². The number of hydrogen-bond acceptors (Lipinski definition) is 6. The summed E-state index contributed by atoms with van der Waals surface area (Å²) in [7, 11) is 0. The van der Waals surface area contributed by atoms with Gasteiger partial charge in [-0.1, -0.05) is 12.1 Å². The first-order valence-electron chi connectivity index (χ1n) is 8.75. The van der Waals surface area contributed by atoms with E-state index in [2.05, 4.69) is 25.9 Å². The summed E-state index contributed by atoms with van der Waals surface area (Å²) in [6.45, 7) is 3.13. The molecule has 1 aromatic heterocycles. The highest BCUT2D eigenvalue weighted by Crippen LogP contribution is 2.19. The lowest BCUT2D eigenvalue weighted by molar-refractivity contribution is -0.114. The number of nitrogens with one attached hydrogen (secondary N) is 3. The Morgan fingerprint density at radius 2 is 1.66 bits per heavy atom. The number of anilines is 4. The van der Waals surface area contributed by atoms with Crippen LogP contribution in [0.3, 0.4) is 0 Å². The SMILES string of the molecule is CC(=O)Nc1ccc(Nc2cc(C(=O)Nc3ccccc3C#N)nc(C)n2)cc1. The normalized spacial score (nSPS) is 9.97. The fraction of sp³-hybridized carbons (Fsp3) is 0.0952. The molecule has 0 unspecified atom stereocenters. The molecular formula is C21H18N6O2. The van der Waals surface area contributed by atoms with Crippen molar-refractivity contribution in [3.8, 4) is 6.07 Å². The molecule has 0 aliphatic heterocycles. The first-order chi connectivity index (χ1) is 13.9. The molecule has 0 spiro atoms. The third kappa shape index (κ3) is 5.14. The number of hydrogen-bond donors (Lipinski definition) is 3. The predicted molar refractivity (Wildman–Crippen MR) is 110 cm³/mol. The van der Waals surface area contributed by atoms with Gasteiger partial charge in [0.1, 0.15) is 23.4 Å². The molecule has 2 aromatic carbocycles. The molecular weight excluding hydrogens is 368 g/mol. The standard InChI is InChI=1S/C21H18N6O2/c1-13-23-19(21(29)27-18-6-4-3-5-15(18)12-22)11-20(24-13)26-17-9-7-16(8-10-17)25-14(2)28/h3-11H,1-2H3,(H,25,28)(H,27,29)(H,23,24,26). The Bertz CT molecular complexity index is 1100. The summed E-state index contributed by atoms with van der Waals surface area (Å²) in [5, 5.41) is 17.7. The number of nitrogens with zero attached hydrogens (tertiary/aromatic N) is 3. The van der Waals surface area contributed by atoms with Gasteiger partial charge in [0, 0.05) is 24.4 Å². The number of nitriles is 1. The lowest BCUT2D eigenvalue weighted by Gasteiger charge is -2.10. The average Bonchev–Trinajstić information content (AvgIpc) is 2.69. The molecule has 144 valence electrons. The van der Waals surface area contributed by atoms with Crippen LogP contribution < -0.4 is 16.0 Å². The second-order valence-corrected chi connectivity index (χ2v) is 6.18. The molecule has 2 amide bonds. The van der Waals surface area contributed by atoms with E-state index in [1.165, 1.54) is 13.0 Å². The molecule has 0 saturated heterocycles. The van der Waals surface area contributed by atoms with Crippen LogP contribution in [0.15, 0.2) is 54.6 Å². The van der Waals surface area contributed by atoms with Gasteiger partial charge in [-0.25, -0.2) is 9.97 Å². The van der Waals surface area contributed by atoms with Crippen LogP contribution in [-0.2, 0) is 4.79 Å². The summed E-state index contributed by atoms with van der Waals surface area (Å²) in [6.07, 6.45) is 0. The fourth-order valence-corrected chi connectivity index (χ4v) is 2.61. The Morgan fingerprint density at radius 3 is 2.34 bits per heavy atom. The van der Waals surface area contributed by atoms with Crippen LogP contribution in [0.2, 0.25) is 0 Å². The molecule has 0 radical (unpaired) electrons. The van der Waals surface area contributed by atoms with E-state index in [9.17, 15) is 9.59 Å². The number of carbonyl (C=O) groups excluding carboxylic acids is 2. The van der Waals surface area contributed by atoms with Crippen molar-refractivity contribution in [1.29, 1.82) is 5.26 Å². The van der Waals surface area contributed by atoms with Gasteiger partial charge in [0.15, 0.2) is 0 Å². The number of amides is 2. The van der Waals surface area contributed by atoms with Gasteiger partial charge in [-0.05, 0) is 43.3 Å². The predicted octanol–water partition coefficient (Wildman–Crippen LogP) is 3.61. The maximum Gasteiger partial charge on any atom is 0.274 e. The van der Waals surface area contributed by atoms with E-state index < -0.39 is 5.91 Å². The summed E-state index contributed by atoms with van der Waals surface area (Å²) in [6, 6.07) is 17.4. The van der Waals surface area contributed by atoms with Gasteiger partial charge in [0.2, 0.25) is 5.91 Å². The monoisotopic (exact) mass is 386 g/mol. The van der Waals surface area contributed by atoms with Crippen molar-refractivity contribution in [1.82, 2.24) is 9.97 Å². The average molecular weight is 386 g/mol. The van der Waals surface area contributed by atoms with Crippen LogP contribution in [0.1, 0.15) is 28.8 Å².